The zero-order chi connectivity index (χ0) is 13.1. The van der Waals surface area contributed by atoms with E-state index in [9.17, 15) is 14.7 Å². The van der Waals surface area contributed by atoms with Crippen LogP contribution in [0.3, 0.4) is 0 Å². The third kappa shape index (κ3) is 2.73. The maximum absolute atomic E-state index is 11.2. The summed E-state index contributed by atoms with van der Waals surface area (Å²) in [6.07, 6.45) is -0.535. The first-order valence-electron chi connectivity index (χ1n) is 6.12. The van der Waals surface area contributed by atoms with Crippen molar-refractivity contribution in [3.8, 4) is 0 Å². The van der Waals surface area contributed by atoms with E-state index in [0.29, 0.717) is 32.7 Å². The van der Waals surface area contributed by atoms with Crippen molar-refractivity contribution in [3.63, 3.8) is 0 Å². The summed E-state index contributed by atoms with van der Waals surface area (Å²) in [5.41, 5.74) is 0. The number of carbonyl (C=O) groups is 2. The highest BCUT2D eigenvalue weighted by Crippen LogP contribution is 2.26. The minimum atomic E-state index is -1.15. The van der Waals surface area contributed by atoms with Gasteiger partial charge in [0.25, 0.3) is 0 Å². The summed E-state index contributed by atoms with van der Waals surface area (Å²) in [4.78, 5) is 25.4. The maximum atomic E-state index is 11.2. The molecule has 2 atom stereocenters. The first-order valence-corrected chi connectivity index (χ1v) is 6.12. The van der Waals surface area contributed by atoms with Crippen LogP contribution in [-0.4, -0.2) is 77.5 Å². The molecule has 102 valence electrons. The molecule has 18 heavy (non-hydrogen) atoms. The van der Waals surface area contributed by atoms with E-state index in [4.69, 9.17) is 9.84 Å². The summed E-state index contributed by atoms with van der Waals surface area (Å²) in [6.45, 7) is 3.83. The number of rotatable bonds is 3. The van der Waals surface area contributed by atoms with Crippen LogP contribution in [0.1, 0.15) is 6.42 Å². The van der Waals surface area contributed by atoms with Crippen LogP contribution in [0.25, 0.3) is 0 Å². The Morgan fingerprint density at radius 2 is 1.83 bits per heavy atom. The van der Waals surface area contributed by atoms with E-state index < -0.39 is 18.1 Å². The maximum Gasteiger partial charge on any atom is 0.408 e. The molecule has 0 aromatic heterocycles. The average Bonchev–Trinajstić information content (AvgIpc) is 2.74. The number of amides is 1. The number of morpholine rings is 1. The Bertz CT molecular complexity index is 329. The molecule has 2 saturated heterocycles. The molecule has 0 radical (unpaired) electrons. The molecule has 2 rings (SSSR count). The number of ether oxygens (including phenoxy) is 1. The molecule has 2 fully saturated rings. The van der Waals surface area contributed by atoms with Gasteiger partial charge in [0.05, 0.1) is 13.2 Å². The van der Waals surface area contributed by atoms with Crippen molar-refractivity contribution in [2.45, 2.75) is 12.5 Å². The van der Waals surface area contributed by atoms with Crippen molar-refractivity contribution >= 4 is 12.1 Å². The van der Waals surface area contributed by atoms with Gasteiger partial charge in [-0.25, -0.2) is 9.59 Å². The Morgan fingerprint density at radius 1 is 1.17 bits per heavy atom. The fourth-order valence-corrected chi connectivity index (χ4v) is 2.71. The lowest BCUT2D eigenvalue weighted by atomic mass is 9.99. The molecule has 2 aliphatic rings. The van der Waals surface area contributed by atoms with Gasteiger partial charge in [0.2, 0.25) is 0 Å². The molecule has 0 aromatic carbocycles. The molecule has 0 saturated carbocycles. The lowest BCUT2D eigenvalue weighted by Crippen LogP contribution is -2.47. The summed E-state index contributed by atoms with van der Waals surface area (Å²) in [5.74, 6) is -1.18. The highest BCUT2D eigenvalue weighted by molar-refractivity contribution is 5.80. The SMILES string of the molecule is O=C(O)[C@@H]1[C@H](CN2CCOCC2)CCN1C(=O)O. The zero-order valence-corrected chi connectivity index (χ0v) is 10.1. The minimum absolute atomic E-state index is 0.128. The van der Waals surface area contributed by atoms with Crippen LogP contribution in [0.5, 0.6) is 0 Å². The van der Waals surface area contributed by atoms with E-state index >= 15 is 0 Å². The number of likely N-dealkylation sites (tertiary alicyclic amines) is 1. The van der Waals surface area contributed by atoms with Crippen LogP contribution in [-0.2, 0) is 9.53 Å². The van der Waals surface area contributed by atoms with Gasteiger partial charge in [0.1, 0.15) is 6.04 Å². The Kier molecular flexibility index (Phi) is 4.03. The zero-order valence-electron chi connectivity index (χ0n) is 10.1. The van der Waals surface area contributed by atoms with Gasteiger partial charge in [0, 0.05) is 32.1 Å². The second-order valence-electron chi connectivity index (χ2n) is 4.72. The summed E-state index contributed by atoms with van der Waals surface area (Å²) in [7, 11) is 0. The smallest absolute Gasteiger partial charge is 0.408 e. The van der Waals surface area contributed by atoms with Gasteiger partial charge >= 0.3 is 12.1 Å². The van der Waals surface area contributed by atoms with Gasteiger partial charge in [-0.15, -0.1) is 0 Å². The second-order valence-corrected chi connectivity index (χ2v) is 4.72. The minimum Gasteiger partial charge on any atom is -0.480 e. The lowest BCUT2D eigenvalue weighted by molar-refractivity contribution is -0.143. The Labute approximate surface area is 105 Å². The van der Waals surface area contributed by atoms with Crippen LogP contribution >= 0.6 is 0 Å². The average molecular weight is 258 g/mol. The van der Waals surface area contributed by atoms with E-state index in [1.165, 1.54) is 0 Å². The quantitative estimate of drug-likeness (QED) is 0.727. The number of nitrogens with zero attached hydrogens (tertiary/aromatic N) is 2. The van der Waals surface area contributed by atoms with Crippen molar-refractivity contribution in [2.75, 3.05) is 39.4 Å². The summed E-state index contributed by atoms with van der Waals surface area (Å²) in [5, 5.41) is 18.2. The van der Waals surface area contributed by atoms with Crippen molar-refractivity contribution in [1.82, 2.24) is 9.80 Å². The number of hydrogen-bond donors (Lipinski definition) is 2. The van der Waals surface area contributed by atoms with Crippen LogP contribution in [0.4, 0.5) is 4.79 Å². The highest BCUT2D eigenvalue weighted by atomic mass is 16.5. The molecular weight excluding hydrogens is 240 g/mol. The van der Waals surface area contributed by atoms with Crippen molar-refractivity contribution < 1.29 is 24.5 Å². The van der Waals surface area contributed by atoms with E-state index in [2.05, 4.69) is 4.90 Å². The van der Waals surface area contributed by atoms with Crippen molar-refractivity contribution in [3.05, 3.63) is 0 Å². The molecule has 2 aliphatic heterocycles. The van der Waals surface area contributed by atoms with E-state index in [-0.39, 0.29) is 5.92 Å². The molecule has 0 spiro atoms. The molecular formula is C11H18N2O5. The topological polar surface area (TPSA) is 90.3 Å². The van der Waals surface area contributed by atoms with Crippen LogP contribution < -0.4 is 0 Å². The van der Waals surface area contributed by atoms with Gasteiger partial charge in [0.15, 0.2) is 0 Å². The predicted octanol–water partition coefficient (Wildman–Crippen LogP) is -0.228. The molecule has 7 nitrogen and oxygen atoms in total. The highest BCUT2D eigenvalue weighted by Gasteiger charge is 2.42. The first-order chi connectivity index (χ1) is 8.59. The number of hydrogen-bond acceptors (Lipinski definition) is 4. The fraction of sp³-hybridized carbons (Fsp3) is 0.818. The number of carboxylic acid groups (broad SMARTS) is 2. The fourth-order valence-electron chi connectivity index (χ4n) is 2.71. The summed E-state index contributed by atoms with van der Waals surface area (Å²) < 4.78 is 5.24. The van der Waals surface area contributed by atoms with E-state index in [1.54, 1.807) is 0 Å². The standard InChI is InChI=1S/C11H18N2O5/c14-10(15)9-8(1-2-13(9)11(16)17)7-12-3-5-18-6-4-12/h8-9H,1-7H2,(H,14,15)(H,16,17)/t8-,9-/m0/s1. The normalized spacial score (nSPS) is 29.4. The van der Waals surface area contributed by atoms with Crippen LogP contribution in [0, 0.1) is 5.92 Å². The van der Waals surface area contributed by atoms with Gasteiger partial charge in [-0.1, -0.05) is 0 Å². The Morgan fingerprint density at radius 3 is 2.39 bits per heavy atom. The van der Waals surface area contributed by atoms with Gasteiger partial charge in [-0.05, 0) is 6.42 Å². The van der Waals surface area contributed by atoms with Gasteiger partial charge in [-0.3, -0.25) is 9.80 Å². The summed E-state index contributed by atoms with van der Waals surface area (Å²) in [6, 6.07) is -0.912. The molecule has 2 N–H and O–H groups in total. The molecule has 0 aromatic rings. The molecule has 0 bridgehead atoms. The van der Waals surface area contributed by atoms with Crippen molar-refractivity contribution in [2.24, 2.45) is 5.92 Å². The predicted molar refractivity (Wildman–Crippen MR) is 61.5 cm³/mol. The Balaban J connectivity index is 1.98. The van der Waals surface area contributed by atoms with Crippen LogP contribution in [0.2, 0.25) is 0 Å². The molecule has 0 aliphatic carbocycles. The monoisotopic (exact) mass is 258 g/mol. The van der Waals surface area contributed by atoms with Gasteiger partial charge in [-0.2, -0.15) is 0 Å². The van der Waals surface area contributed by atoms with Crippen LogP contribution in [0.15, 0.2) is 0 Å². The molecule has 2 heterocycles. The largest absolute Gasteiger partial charge is 0.480 e. The van der Waals surface area contributed by atoms with E-state index in [1.807, 2.05) is 0 Å². The number of carboxylic acids is 1. The molecule has 1 amide bonds. The van der Waals surface area contributed by atoms with Crippen molar-refractivity contribution in [1.29, 1.82) is 0 Å². The third-order valence-corrected chi connectivity index (χ3v) is 3.62. The first kappa shape index (κ1) is 13.1. The summed E-state index contributed by atoms with van der Waals surface area (Å²) >= 11 is 0. The van der Waals surface area contributed by atoms with E-state index in [0.717, 1.165) is 18.0 Å². The Hall–Kier alpha value is -1.34. The molecule has 0 unspecified atom stereocenters. The lowest BCUT2D eigenvalue weighted by Gasteiger charge is -2.31. The second kappa shape index (κ2) is 5.53. The van der Waals surface area contributed by atoms with Gasteiger partial charge < -0.3 is 14.9 Å². The number of aliphatic carboxylic acids is 1. The molecule has 7 heteroatoms. The third-order valence-electron chi connectivity index (χ3n) is 3.62.